The molecule has 0 heterocycles. The molecular formula is C12H15FN2O2S. The maximum absolute atomic E-state index is 13.2. The minimum Gasteiger partial charge on any atom is -0.481 e. The molecule has 6 heteroatoms. The lowest BCUT2D eigenvalue weighted by Crippen LogP contribution is -2.35. The van der Waals surface area contributed by atoms with Crippen LogP contribution in [0.25, 0.3) is 0 Å². The quantitative estimate of drug-likeness (QED) is 0.768. The van der Waals surface area contributed by atoms with Crippen LogP contribution in [0.15, 0.2) is 24.3 Å². The smallest absolute Gasteiger partial charge is 0.304 e. The number of carbonyl (C=O) groups is 1. The van der Waals surface area contributed by atoms with Crippen LogP contribution in [-0.4, -0.2) is 34.6 Å². The van der Waals surface area contributed by atoms with Crippen LogP contribution in [0.2, 0.25) is 0 Å². The first-order valence-electron chi connectivity index (χ1n) is 5.38. The van der Waals surface area contributed by atoms with E-state index in [9.17, 15) is 9.18 Å². The van der Waals surface area contributed by atoms with Gasteiger partial charge in [-0.2, -0.15) is 0 Å². The minimum absolute atomic E-state index is 0.0229. The Hall–Kier alpha value is -1.53. The van der Waals surface area contributed by atoms with Crippen LogP contribution in [-0.2, 0) is 4.79 Å². The molecule has 1 rings (SSSR count). The van der Waals surface area contributed by atoms with Gasteiger partial charge in [0.15, 0.2) is 0 Å². The normalized spacial score (nSPS) is 12.4. The summed E-state index contributed by atoms with van der Waals surface area (Å²) >= 11 is 4.96. The number of carboxylic acids is 1. The summed E-state index contributed by atoms with van der Waals surface area (Å²) in [5, 5.41) is 8.65. The van der Waals surface area contributed by atoms with Gasteiger partial charge in [-0.25, -0.2) is 4.39 Å². The van der Waals surface area contributed by atoms with Gasteiger partial charge < -0.3 is 10.8 Å². The zero-order valence-electron chi connectivity index (χ0n) is 9.97. The standard InChI is InChI=1S/C12H15FN2O2S/c1-15(6-5-10(16)17)11(12(14)18)8-3-2-4-9(13)7-8/h2-4,7,11H,5-6H2,1H3,(H2,14,18)(H,16,17). The van der Waals surface area contributed by atoms with E-state index in [0.717, 1.165) is 0 Å². The van der Waals surface area contributed by atoms with Crippen LogP contribution in [0.4, 0.5) is 4.39 Å². The van der Waals surface area contributed by atoms with Crippen molar-refractivity contribution in [2.75, 3.05) is 13.6 Å². The summed E-state index contributed by atoms with van der Waals surface area (Å²) in [6, 6.07) is 5.50. The SMILES string of the molecule is CN(CCC(=O)O)C(C(N)=S)c1cccc(F)c1. The Balaban J connectivity index is 2.89. The van der Waals surface area contributed by atoms with Crippen LogP contribution < -0.4 is 5.73 Å². The Morgan fingerprint density at radius 1 is 1.61 bits per heavy atom. The fourth-order valence-electron chi connectivity index (χ4n) is 1.71. The second-order valence-corrected chi connectivity index (χ2v) is 4.46. The van der Waals surface area contributed by atoms with Crippen molar-refractivity contribution in [1.29, 1.82) is 0 Å². The molecule has 18 heavy (non-hydrogen) atoms. The number of hydrogen-bond acceptors (Lipinski definition) is 3. The van der Waals surface area contributed by atoms with E-state index in [1.807, 2.05) is 0 Å². The molecule has 0 radical (unpaired) electrons. The van der Waals surface area contributed by atoms with E-state index in [-0.39, 0.29) is 23.8 Å². The number of nitrogens with two attached hydrogens (primary N) is 1. The largest absolute Gasteiger partial charge is 0.481 e. The van der Waals surface area contributed by atoms with Crippen molar-refractivity contribution in [3.05, 3.63) is 35.6 Å². The van der Waals surface area contributed by atoms with Crippen LogP contribution >= 0.6 is 12.2 Å². The van der Waals surface area contributed by atoms with Crippen molar-refractivity contribution >= 4 is 23.2 Å². The molecule has 0 aliphatic rings. The number of halogens is 1. The van der Waals surface area contributed by atoms with Gasteiger partial charge in [-0.05, 0) is 24.7 Å². The van der Waals surface area contributed by atoms with Crippen LogP contribution in [0, 0.1) is 5.82 Å². The third-order valence-electron chi connectivity index (χ3n) is 2.55. The van der Waals surface area contributed by atoms with E-state index >= 15 is 0 Å². The second-order valence-electron chi connectivity index (χ2n) is 3.98. The van der Waals surface area contributed by atoms with Gasteiger partial charge in [0.1, 0.15) is 5.82 Å². The van der Waals surface area contributed by atoms with Gasteiger partial charge in [-0.3, -0.25) is 9.69 Å². The summed E-state index contributed by atoms with van der Waals surface area (Å²) in [5.74, 6) is -1.27. The number of rotatable bonds is 6. The molecule has 1 aromatic rings. The van der Waals surface area contributed by atoms with Gasteiger partial charge in [-0.1, -0.05) is 24.4 Å². The number of thiocarbonyl (C=S) groups is 1. The van der Waals surface area contributed by atoms with Crippen molar-refractivity contribution in [2.24, 2.45) is 5.73 Å². The molecule has 0 saturated heterocycles. The highest BCUT2D eigenvalue weighted by Crippen LogP contribution is 2.20. The molecule has 98 valence electrons. The molecule has 1 aromatic carbocycles. The van der Waals surface area contributed by atoms with Crippen molar-refractivity contribution in [1.82, 2.24) is 4.90 Å². The van der Waals surface area contributed by atoms with E-state index in [0.29, 0.717) is 5.56 Å². The van der Waals surface area contributed by atoms with Gasteiger partial charge in [0.25, 0.3) is 0 Å². The van der Waals surface area contributed by atoms with Crippen LogP contribution in [0.5, 0.6) is 0 Å². The number of hydrogen-bond donors (Lipinski definition) is 2. The Morgan fingerprint density at radius 2 is 2.28 bits per heavy atom. The molecule has 0 bridgehead atoms. The Labute approximate surface area is 110 Å². The molecule has 0 aromatic heterocycles. The molecule has 0 amide bonds. The highest BCUT2D eigenvalue weighted by atomic mass is 32.1. The summed E-state index contributed by atoms with van der Waals surface area (Å²) < 4.78 is 13.2. The maximum atomic E-state index is 13.2. The lowest BCUT2D eigenvalue weighted by atomic mass is 10.1. The van der Waals surface area contributed by atoms with Crippen molar-refractivity contribution in [3.63, 3.8) is 0 Å². The first-order chi connectivity index (χ1) is 8.41. The summed E-state index contributed by atoms with van der Waals surface area (Å²) in [5.41, 5.74) is 6.27. The third kappa shape index (κ3) is 4.05. The van der Waals surface area contributed by atoms with Crippen molar-refractivity contribution in [2.45, 2.75) is 12.5 Å². The molecule has 0 aliphatic heterocycles. The van der Waals surface area contributed by atoms with Crippen LogP contribution in [0.3, 0.4) is 0 Å². The number of carboxylic acid groups (broad SMARTS) is 1. The van der Waals surface area contributed by atoms with Gasteiger partial charge in [0.2, 0.25) is 0 Å². The Bertz CT molecular complexity index is 453. The number of benzene rings is 1. The maximum Gasteiger partial charge on any atom is 0.304 e. The zero-order valence-corrected chi connectivity index (χ0v) is 10.8. The van der Waals surface area contributed by atoms with Gasteiger partial charge in [-0.15, -0.1) is 0 Å². The topological polar surface area (TPSA) is 66.6 Å². The summed E-state index contributed by atoms with van der Waals surface area (Å²) in [7, 11) is 1.71. The molecule has 0 aliphatic carbocycles. The first-order valence-corrected chi connectivity index (χ1v) is 5.79. The van der Waals surface area contributed by atoms with Gasteiger partial charge >= 0.3 is 5.97 Å². The van der Waals surface area contributed by atoms with E-state index in [1.54, 1.807) is 24.1 Å². The molecule has 0 saturated carbocycles. The zero-order chi connectivity index (χ0) is 13.7. The molecule has 3 N–H and O–H groups in total. The number of nitrogens with zero attached hydrogens (tertiary/aromatic N) is 1. The van der Waals surface area contributed by atoms with Crippen molar-refractivity contribution < 1.29 is 14.3 Å². The molecule has 0 spiro atoms. The molecule has 0 fully saturated rings. The first kappa shape index (κ1) is 14.5. The van der Waals surface area contributed by atoms with Gasteiger partial charge in [0.05, 0.1) is 17.5 Å². The van der Waals surface area contributed by atoms with Crippen LogP contribution in [0.1, 0.15) is 18.0 Å². The number of aliphatic carboxylic acids is 1. The average Bonchev–Trinajstić information content (AvgIpc) is 2.26. The Kier molecular flexibility index (Phi) is 5.18. The molecule has 4 nitrogen and oxygen atoms in total. The van der Waals surface area contributed by atoms with E-state index in [4.69, 9.17) is 23.1 Å². The summed E-state index contributed by atoms with van der Waals surface area (Å²) in [4.78, 5) is 12.4. The summed E-state index contributed by atoms with van der Waals surface area (Å²) in [6.07, 6.45) is -0.0229. The van der Waals surface area contributed by atoms with E-state index < -0.39 is 12.0 Å². The molecule has 1 atom stereocenters. The third-order valence-corrected chi connectivity index (χ3v) is 2.78. The van der Waals surface area contributed by atoms with Gasteiger partial charge in [0, 0.05) is 6.54 Å². The highest BCUT2D eigenvalue weighted by molar-refractivity contribution is 7.80. The van der Waals surface area contributed by atoms with E-state index in [1.165, 1.54) is 12.1 Å². The van der Waals surface area contributed by atoms with Crippen molar-refractivity contribution in [3.8, 4) is 0 Å². The minimum atomic E-state index is -0.900. The number of likely N-dealkylation sites (N-methyl/N-ethyl adjacent to an activating group) is 1. The van der Waals surface area contributed by atoms with E-state index in [2.05, 4.69) is 0 Å². The second kappa shape index (κ2) is 6.42. The predicted molar refractivity (Wildman–Crippen MR) is 70.8 cm³/mol. The summed E-state index contributed by atoms with van der Waals surface area (Å²) in [6.45, 7) is 0.286. The predicted octanol–water partition coefficient (Wildman–Crippen LogP) is 1.56. The average molecular weight is 270 g/mol. The molecule has 1 unspecified atom stereocenters. The highest BCUT2D eigenvalue weighted by Gasteiger charge is 2.20. The fraction of sp³-hybridized carbons (Fsp3) is 0.333. The Morgan fingerprint density at radius 3 is 2.78 bits per heavy atom. The lowest BCUT2D eigenvalue weighted by molar-refractivity contribution is -0.137. The fourth-order valence-corrected chi connectivity index (χ4v) is 2.03. The monoisotopic (exact) mass is 270 g/mol. The lowest BCUT2D eigenvalue weighted by Gasteiger charge is -2.27. The molecular weight excluding hydrogens is 255 g/mol.